The van der Waals surface area contributed by atoms with Gasteiger partial charge >= 0.3 is 12.1 Å². The van der Waals surface area contributed by atoms with E-state index in [0.717, 1.165) is 10.8 Å². The molecule has 0 aromatic carbocycles. The van der Waals surface area contributed by atoms with E-state index in [1.807, 2.05) is 0 Å². The molecule has 1 N–H and O–H groups in total. The summed E-state index contributed by atoms with van der Waals surface area (Å²) in [5, 5.41) is 15.8. The van der Waals surface area contributed by atoms with Crippen LogP contribution in [-0.4, -0.2) is 25.8 Å². The highest BCUT2D eigenvalue weighted by atomic mass is 19.4. The molecule has 0 aliphatic heterocycles. The topological polar surface area (TPSA) is 68.0 Å². The van der Waals surface area contributed by atoms with Gasteiger partial charge in [-0.25, -0.2) is 4.79 Å². The van der Waals surface area contributed by atoms with E-state index in [1.54, 1.807) is 0 Å². The SMILES string of the molecule is O=C(O)c1cn(-c2cccnn2)cc1C(F)(F)F. The van der Waals surface area contributed by atoms with Crippen molar-refractivity contribution in [3.63, 3.8) is 0 Å². The van der Waals surface area contributed by atoms with Gasteiger partial charge in [0.25, 0.3) is 0 Å². The van der Waals surface area contributed by atoms with Gasteiger partial charge in [0, 0.05) is 18.6 Å². The Bertz CT molecular complexity index is 578. The van der Waals surface area contributed by atoms with Crippen molar-refractivity contribution in [3.8, 4) is 5.82 Å². The van der Waals surface area contributed by atoms with Crippen LogP contribution in [0.15, 0.2) is 30.7 Å². The maximum absolute atomic E-state index is 12.6. The van der Waals surface area contributed by atoms with Crippen LogP contribution in [0.5, 0.6) is 0 Å². The molecule has 8 heteroatoms. The van der Waals surface area contributed by atoms with E-state index in [0.29, 0.717) is 6.20 Å². The number of carboxylic acids is 1. The van der Waals surface area contributed by atoms with Crippen molar-refractivity contribution in [1.82, 2.24) is 14.8 Å². The molecule has 0 aliphatic rings. The standard InChI is InChI=1S/C10H6F3N3O2/c11-10(12,13)7-5-16(4-6(7)9(17)18)8-2-1-3-14-15-8/h1-5H,(H,17,18). The summed E-state index contributed by atoms with van der Waals surface area (Å²) >= 11 is 0. The number of rotatable bonds is 2. The number of aromatic nitrogens is 3. The van der Waals surface area contributed by atoms with Gasteiger partial charge in [-0.05, 0) is 12.1 Å². The van der Waals surface area contributed by atoms with Gasteiger partial charge in [-0.1, -0.05) is 0 Å². The Balaban J connectivity index is 2.57. The zero-order valence-electron chi connectivity index (χ0n) is 8.72. The Labute approximate surface area is 98.5 Å². The second kappa shape index (κ2) is 4.13. The van der Waals surface area contributed by atoms with Gasteiger partial charge in [-0.3, -0.25) is 0 Å². The minimum Gasteiger partial charge on any atom is -0.478 e. The normalized spacial score (nSPS) is 11.5. The van der Waals surface area contributed by atoms with Gasteiger partial charge in [0.1, 0.15) is 0 Å². The smallest absolute Gasteiger partial charge is 0.418 e. The van der Waals surface area contributed by atoms with Crippen molar-refractivity contribution in [2.45, 2.75) is 6.18 Å². The Morgan fingerprint density at radius 1 is 1.33 bits per heavy atom. The molecule has 0 spiro atoms. The maximum atomic E-state index is 12.6. The molecule has 2 heterocycles. The van der Waals surface area contributed by atoms with Crippen molar-refractivity contribution >= 4 is 5.97 Å². The predicted molar refractivity (Wildman–Crippen MR) is 53.3 cm³/mol. The first-order valence-corrected chi connectivity index (χ1v) is 4.70. The van der Waals surface area contributed by atoms with Crippen molar-refractivity contribution in [3.05, 3.63) is 41.9 Å². The summed E-state index contributed by atoms with van der Waals surface area (Å²) in [6, 6.07) is 2.90. The summed E-state index contributed by atoms with van der Waals surface area (Å²) < 4.78 is 38.8. The summed E-state index contributed by atoms with van der Waals surface area (Å²) in [4.78, 5) is 10.8. The third-order valence-electron chi connectivity index (χ3n) is 2.19. The van der Waals surface area contributed by atoms with Crippen LogP contribution < -0.4 is 0 Å². The Hall–Kier alpha value is -2.38. The molecular weight excluding hydrogens is 251 g/mol. The van der Waals surface area contributed by atoms with Crippen molar-refractivity contribution in [1.29, 1.82) is 0 Å². The van der Waals surface area contributed by atoms with Gasteiger partial charge < -0.3 is 9.67 Å². The number of hydrogen-bond donors (Lipinski definition) is 1. The molecule has 0 amide bonds. The van der Waals surface area contributed by atoms with Crippen LogP contribution >= 0.6 is 0 Å². The highest BCUT2D eigenvalue weighted by Crippen LogP contribution is 2.33. The first-order valence-electron chi connectivity index (χ1n) is 4.70. The molecule has 5 nitrogen and oxygen atoms in total. The monoisotopic (exact) mass is 257 g/mol. The fourth-order valence-corrected chi connectivity index (χ4v) is 1.41. The van der Waals surface area contributed by atoms with E-state index in [2.05, 4.69) is 10.2 Å². The van der Waals surface area contributed by atoms with Gasteiger partial charge in [0.2, 0.25) is 0 Å². The van der Waals surface area contributed by atoms with Crippen LogP contribution in [0.3, 0.4) is 0 Å². The van der Waals surface area contributed by atoms with E-state index in [-0.39, 0.29) is 5.82 Å². The molecule has 94 valence electrons. The average Bonchev–Trinajstić information content (AvgIpc) is 2.74. The van der Waals surface area contributed by atoms with E-state index in [1.165, 1.54) is 18.3 Å². The molecule has 2 aromatic heterocycles. The van der Waals surface area contributed by atoms with Gasteiger partial charge in [0.15, 0.2) is 5.82 Å². The summed E-state index contributed by atoms with van der Waals surface area (Å²) in [6.45, 7) is 0. The van der Waals surface area contributed by atoms with E-state index < -0.39 is 23.3 Å². The van der Waals surface area contributed by atoms with Crippen LogP contribution in [0.4, 0.5) is 13.2 Å². The number of alkyl halides is 3. The molecule has 0 unspecified atom stereocenters. The van der Waals surface area contributed by atoms with Gasteiger partial charge in [0.05, 0.1) is 11.1 Å². The molecule has 0 bridgehead atoms. The zero-order chi connectivity index (χ0) is 13.3. The van der Waals surface area contributed by atoms with Crippen LogP contribution in [0, 0.1) is 0 Å². The lowest BCUT2D eigenvalue weighted by Gasteiger charge is -2.04. The number of carboxylic acid groups (broad SMARTS) is 1. The summed E-state index contributed by atoms with van der Waals surface area (Å²) in [7, 11) is 0. The summed E-state index contributed by atoms with van der Waals surface area (Å²) in [5.41, 5.74) is -2.05. The lowest BCUT2D eigenvalue weighted by Crippen LogP contribution is -2.09. The minimum absolute atomic E-state index is 0.107. The molecule has 2 aromatic rings. The maximum Gasteiger partial charge on any atom is 0.418 e. The molecule has 0 fully saturated rings. The third kappa shape index (κ3) is 2.17. The predicted octanol–water partition coefficient (Wildman–Crippen LogP) is 1.98. The van der Waals surface area contributed by atoms with E-state index >= 15 is 0 Å². The summed E-state index contributed by atoms with van der Waals surface area (Å²) in [5.74, 6) is -1.54. The third-order valence-corrected chi connectivity index (χ3v) is 2.19. The Kier molecular flexibility index (Phi) is 2.77. The molecule has 0 aliphatic carbocycles. The second-order valence-electron chi connectivity index (χ2n) is 3.38. The van der Waals surface area contributed by atoms with Crippen molar-refractivity contribution in [2.75, 3.05) is 0 Å². The number of halogens is 3. The van der Waals surface area contributed by atoms with E-state index in [9.17, 15) is 18.0 Å². The largest absolute Gasteiger partial charge is 0.478 e. The first kappa shape index (κ1) is 12.1. The molecule has 0 saturated carbocycles. The van der Waals surface area contributed by atoms with Crippen LogP contribution in [0.25, 0.3) is 5.82 Å². The molecule has 0 atom stereocenters. The highest BCUT2D eigenvalue weighted by Gasteiger charge is 2.37. The first-order chi connectivity index (χ1) is 8.39. The summed E-state index contributed by atoms with van der Waals surface area (Å²) in [6.07, 6.45) is -1.85. The molecule has 0 radical (unpaired) electrons. The Morgan fingerprint density at radius 3 is 2.50 bits per heavy atom. The number of carbonyl (C=O) groups is 1. The fraction of sp³-hybridized carbons (Fsp3) is 0.100. The number of nitrogens with zero attached hydrogens (tertiary/aromatic N) is 3. The van der Waals surface area contributed by atoms with Crippen LogP contribution in [-0.2, 0) is 6.18 Å². The highest BCUT2D eigenvalue weighted by molar-refractivity contribution is 5.89. The molecule has 18 heavy (non-hydrogen) atoms. The van der Waals surface area contributed by atoms with Crippen LogP contribution in [0.1, 0.15) is 15.9 Å². The van der Waals surface area contributed by atoms with Crippen molar-refractivity contribution in [2.24, 2.45) is 0 Å². The molecular formula is C10H6F3N3O2. The number of aromatic carboxylic acids is 1. The van der Waals surface area contributed by atoms with E-state index in [4.69, 9.17) is 5.11 Å². The van der Waals surface area contributed by atoms with Crippen molar-refractivity contribution < 1.29 is 23.1 Å². The van der Waals surface area contributed by atoms with Gasteiger partial charge in [-0.2, -0.15) is 18.3 Å². The average molecular weight is 257 g/mol. The second-order valence-corrected chi connectivity index (χ2v) is 3.38. The lowest BCUT2D eigenvalue weighted by molar-refractivity contribution is -0.138. The van der Waals surface area contributed by atoms with Crippen LogP contribution in [0.2, 0.25) is 0 Å². The quantitative estimate of drug-likeness (QED) is 0.893. The minimum atomic E-state index is -4.73. The molecule has 0 saturated heterocycles. The number of hydrogen-bond acceptors (Lipinski definition) is 3. The van der Waals surface area contributed by atoms with Gasteiger partial charge in [-0.15, -0.1) is 5.10 Å². The molecule has 2 rings (SSSR count). The lowest BCUT2D eigenvalue weighted by atomic mass is 10.2. The zero-order valence-corrected chi connectivity index (χ0v) is 8.72. The fourth-order valence-electron chi connectivity index (χ4n) is 1.41. The Morgan fingerprint density at radius 2 is 2.06 bits per heavy atom.